The van der Waals surface area contributed by atoms with E-state index in [1.165, 1.54) is 6.42 Å². The number of aliphatic hydroxyl groups is 1. The van der Waals surface area contributed by atoms with E-state index in [0.29, 0.717) is 23.7 Å². The van der Waals surface area contributed by atoms with Crippen molar-refractivity contribution in [2.24, 2.45) is 23.7 Å². The minimum Gasteiger partial charge on any atom is -0.444 e. The SMILES string of the molecule is CC(C)(C)OC(=O)N1CC2C3C=CC(C3)C2C1CO. The molecule has 5 atom stereocenters. The Morgan fingerprint density at radius 3 is 2.68 bits per heavy atom. The van der Waals surface area contributed by atoms with Crippen molar-refractivity contribution in [2.75, 3.05) is 13.2 Å². The molecule has 0 spiro atoms. The van der Waals surface area contributed by atoms with E-state index < -0.39 is 5.60 Å². The highest BCUT2D eigenvalue weighted by molar-refractivity contribution is 5.69. The Morgan fingerprint density at radius 2 is 2.05 bits per heavy atom. The molecular formula is C15H23NO3. The van der Waals surface area contributed by atoms with E-state index in [1.807, 2.05) is 20.8 Å². The summed E-state index contributed by atoms with van der Waals surface area (Å²) >= 11 is 0. The Labute approximate surface area is 114 Å². The van der Waals surface area contributed by atoms with Crippen molar-refractivity contribution in [2.45, 2.75) is 38.8 Å². The summed E-state index contributed by atoms with van der Waals surface area (Å²) in [6, 6.07) is -0.0696. The van der Waals surface area contributed by atoms with Crippen molar-refractivity contribution in [1.29, 1.82) is 0 Å². The molecule has 3 aliphatic rings. The molecule has 2 fully saturated rings. The van der Waals surface area contributed by atoms with Gasteiger partial charge in [-0.3, -0.25) is 0 Å². The van der Waals surface area contributed by atoms with E-state index in [0.717, 1.165) is 6.54 Å². The van der Waals surface area contributed by atoms with Crippen LogP contribution in [0.15, 0.2) is 12.2 Å². The van der Waals surface area contributed by atoms with Gasteiger partial charge < -0.3 is 14.7 Å². The lowest BCUT2D eigenvalue weighted by molar-refractivity contribution is 0.0130. The van der Waals surface area contributed by atoms with Crippen LogP contribution < -0.4 is 0 Å². The summed E-state index contributed by atoms with van der Waals surface area (Å²) in [4.78, 5) is 14.0. The summed E-state index contributed by atoms with van der Waals surface area (Å²) in [7, 11) is 0. The predicted molar refractivity (Wildman–Crippen MR) is 71.5 cm³/mol. The summed E-state index contributed by atoms with van der Waals surface area (Å²) < 4.78 is 5.47. The van der Waals surface area contributed by atoms with Crippen molar-refractivity contribution >= 4 is 6.09 Å². The smallest absolute Gasteiger partial charge is 0.410 e. The van der Waals surface area contributed by atoms with Crippen molar-refractivity contribution < 1.29 is 14.6 Å². The fourth-order valence-electron chi connectivity index (χ4n) is 4.11. The molecule has 0 aromatic carbocycles. The maximum absolute atomic E-state index is 12.3. The second-order valence-electron chi connectivity index (χ2n) is 7.07. The lowest BCUT2D eigenvalue weighted by Crippen LogP contribution is -2.44. The number of fused-ring (bicyclic) bond motifs is 5. The normalized spacial score (nSPS) is 39.8. The van der Waals surface area contributed by atoms with Gasteiger partial charge in [0, 0.05) is 6.54 Å². The molecule has 19 heavy (non-hydrogen) atoms. The van der Waals surface area contributed by atoms with Crippen LogP contribution in [0.4, 0.5) is 4.79 Å². The minimum atomic E-state index is -0.480. The first-order valence-electron chi connectivity index (χ1n) is 7.19. The molecule has 1 saturated carbocycles. The first kappa shape index (κ1) is 13.0. The maximum atomic E-state index is 12.3. The quantitative estimate of drug-likeness (QED) is 0.738. The Hall–Kier alpha value is -1.03. The number of ether oxygens (including phenoxy) is 1. The molecule has 0 aromatic heterocycles. The molecule has 1 saturated heterocycles. The number of aliphatic hydroxyl groups excluding tert-OH is 1. The number of hydrogen-bond acceptors (Lipinski definition) is 3. The van der Waals surface area contributed by atoms with Gasteiger partial charge in [0.05, 0.1) is 12.6 Å². The van der Waals surface area contributed by atoms with E-state index in [-0.39, 0.29) is 18.7 Å². The molecular weight excluding hydrogens is 242 g/mol. The second kappa shape index (κ2) is 4.23. The zero-order valence-corrected chi connectivity index (χ0v) is 11.9. The number of allylic oxidation sites excluding steroid dienone is 2. The van der Waals surface area contributed by atoms with Crippen LogP contribution in [0.3, 0.4) is 0 Å². The van der Waals surface area contributed by atoms with Gasteiger partial charge in [-0.05, 0) is 50.9 Å². The number of nitrogens with zero attached hydrogens (tertiary/aromatic N) is 1. The summed E-state index contributed by atoms with van der Waals surface area (Å²) in [5, 5.41) is 9.69. The lowest BCUT2D eigenvalue weighted by Gasteiger charge is -2.30. The maximum Gasteiger partial charge on any atom is 0.410 e. The third kappa shape index (κ3) is 2.06. The van der Waals surface area contributed by atoms with Crippen LogP contribution in [-0.2, 0) is 4.74 Å². The topological polar surface area (TPSA) is 49.8 Å². The van der Waals surface area contributed by atoms with Gasteiger partial charge in [0.15, 0.2) is 0 Å². The Morgan fingerprint density at radius 1 is 1.37 bits per heavy atom. The molecule has 1 amide bonds. The number of likely N-dealkylation sites (tertiary alicyclic amines) is 1. The molecule has 1 N–H and O–H groups in total. The van der Waals surface area contributed by atoms with E-state index in [4.69, 9.17) is 4.74 Å². The molecule has 1 heterocycles. The van der Waals surface area contributed by atoms with Crippen molar-refractivity contribution in [3.63, 3.8) is 0 Å². The zero-order chi connectivity index (χ0) is 13.8. The highest BCUT2D eigenvalue weighted by Crippen LogP contribution is 2.53. The van der Waals surface area contributed by atoms with Crippen LogP contribution in [0.25, 0.3) is 0 Å². The van der Waals surface area contributed by atoms with Gasteiger partial charge in [0.25, 0.3) is 0 Å². The van der Waals surface area contributed by atoms with Gasteiger partial charge in [-0.1, -0.05) is 12.2 Å². The highest BCUT2D eigenvalue weighted by Gasteiger charge is 2.55. The van der Waals surface area contributed by atoms with Gasteiger partial charge in [-0.2, -0.15) is 0 Å². The van der Waals surface area contributed by atoms with Crippen LogP contribution in [-0.4, -0.2) is 40.9 Å². The molecule has 4 nitrogen and oxygen atoms in total. The first-order chi connectivity index (χ1) is 8.90. The van der Waals surface area contributed by atoms with Gasteiger partial charge >= 0.3 is 6.09 Å². The van der Waals surface area contributed by atoms with Crippen LogP contribution in [0.5, 0.6) is 0 Å². The molecule has 1 aliphatic heterocycles. The second-order valence-corrected chi connectivity index (χ2v) is 7.07. The summed E-state index contributed by atoms with van der Waals surface area (Å²) in [5.41, 5.74) is -0.480. The van der Waals surface area contributed by atoms with Crippen molar-refractivity contribution in [1.82, 2.24) is 4.90 Å². The van der Waals surface area contributed by atoms with Crippen molar-refractivity contribution in [3.8, 4) is 0 Å². The Bertz CT molecular complexity index is 412. The number of amides is 1. The molecule has 3 rings (SSSR count). The van der Waals surface area contributed by atoms with E-state index in [2.05, 4.69) is 12.2 Å². The molecule has 106 valence electrons. The first-order valence-corrected chi connectivity index (χ1v) is 7.19. The Balaban J connectivity index is 1.76. The largest absolute Gasteiger partial charge is 0.444 e. The van der Waals surface area contributed by atoms with Crippen LogP contribution in [0, 0.1) is 23.7 Å². The molecule has 2 aliphatic carbocycles. The minimum absolute atomic E-state index is 0.0392. The van der Waals surface area contributed by atoms with Crippen LogP contribution in [0.2, 0.25) is 0 Å². The number of rotatable bonds is 1. The number of carbonyl (C=O) groups is 1. The average molecular weight is 265 g/mol. The lowest BCUT2D eigenvalue weighted by atomic mass is 9.82. The summed E-state index contributed by atoms with van der Waals surface area (Å²) in [5.74, 6) is 2.07. The van der Waals surface area contributed by atoms with E-state index in [9.17, 15) is 9.90 Å². The molecule has 5 unspecified atom stereocenters. The summed E-state index contributed by atoms with van der Waals surface area (Å²) in [6.07, 6.45) is 5.49. The summed E-state index contributed by atoms with van der Waals surface area (Å²) in [6.45, 7) is 6.40. The third-order valence-corrected chi connectivity index (χ3v) is 4.76. The van der Waals surface area contributed by atoms with Crippen LogP contribution in [0.1, 0.15) is 27.2 Å². The molecule has 0 aromatic rings. The van der Waals surface area contributed by atoms with E-state index in [1.54, 1.807) is 4.90 Å². The van der Waals surface area contributed by atoms with E-state index >= 15 is 0 Å². The monoisotopic (exact) mass is 265 g/mol. The predicted octanol–water partition coefficient (Wildman–Crippen LogP) is 2.04. The van der Waals surface area contributed by atoms with Gasteiger partial charge in [0.1, 0.15) is 5.60 Å². The molecule has 0 radical (unpaired) electrons. The zero-order valence-electron chi connectivity index (χ0n) is 11.9. The standard InChI is InChI=1S/C15H23NO3/c1-15(2,3)19-14(18)16-7-11-9-4-5-10(6-9)13(11)12(16)8-17/h4-5,9-13,17H,6-8H2,1-3H3. The fourth-order valence-corrected chi connectivity index (χ4v) is 4.11. The highest BCUT2D eigenvalue weighted by atomic mass is 16.6. The van der Waals surface area contributed by atoms with Gasteiger partial charge in [-0.15, -0.1) is 0 Å². The van der Waals surface area contributed by atoms with Gasteiger partial charge in [0.2, 0.25) is 0 Å². The molecule has 4 heteroatoms. The van der Waals surface area contributed by atoms with Crippen LogP contribution >= 0.6 is 0 Å². The average Bonchev–Trinajstić information content (AvgIpc) is 2.97. The van der Waals surface area contributed by atoms with Gasteiger partial charge in [-0.25, -0.2) is 4.79 Å². The molecule has 2 bridgehead atoms. The third-order valence-electron chi connectivity index (χ3n) is 4.76. The number of carbonyl (C=O) groups excluding carboxylic acids is 1. The fraction of sp³-hybridized carbons (Fsp3) is 0.800. The van der Waals surface area contributed by atoms with Crippen molar-refractivity contribution in [3.05, 3.63) is 12.2 Å². The number of hydrogen-bond donors (Lipinski definition) is 1. The Kier molecular flexibility index (Phi) is 2.89.